The zero-order chi connectivity index (χ0) is 15.5. The molecule has 0 spiro atoms. The average Bonchev–Trinajstić information content (AvgIpc) is 2.83. The largest absolute Gasteiger partial charge is 0.444 e. The lowest BCUT2D eigenvalue weighted by Gasteiger charge is -2.24. The highest BCUT2D eigenvalue weighted by atomic mass is 19.1. The van der Waals surface area contributed by atoms with E-state index in [9.17, 15) is 9.18 Å². The number of ether oxygens (including phenoxy) is 2. The van der Waals surface area contributed by atoms with Gasteiger partial charge in [-0.1, -0.05) is 12.1 Å². The topological polar surface area (TPSA) is 38.8 Å². The third-order valence-electron chi connectivity index (χ3n) is 3.17. The molecule has 0 saturated carbocycles. The van der Waals surface area contributed by atoms with Crippen molar-refractivity contribution in [2.24, 2.45) is 0 Å². The zero-order valence-electron chi connectivity index (χ0n) is 12.8. The monoisotopic (exact) mass is 295 g/mol. The fraction of sp³-hybridized carbons (Fsp3) is 0.562. The van der Waals surface area contributed by atoms with Crippen molar-refractivity contribution in [2.75, 3.05) is 13.1 Å². The highest BCUT2D eigenvalue weighted by Crippen LogP contribution is 2.18. The molecule has 1 fully saturated rings. The third-order valence-corrected chi connectivity index (χ3v) is 3.17. The van der Waals surface area contributed by atoms with E-state index in [0.29, 0.717) is 19.7 Å². The van der Waals surface area contributed by atoms with Crippen LogP contribution in [0.1, 0.15) is 32.8 Å². The van der Waals surface area contributed by atoms with E-state index in [1.165, 1.54) is 12.1 Å². The van der Waals surface area contributed by atoms with Crippen molar-refractivity contribution in [3.05, 3.63) is 35.6 Å². The van der Waals surface area contributed by atoms with Crippen LogP contribution < -0.4 is 0 Å². The molecule has 0 bridgehead atoms. The van der Waals surface area contributed by atoms with Crippen LogP contribution in [0, 0.1) is 5.82 Å². The maximum Gasteiger partial charge on any atom is 0.410 e. The van der Waals surface area contributed by atoms with Gasteiger partial charge in [-0.3, -0.25) is 0 Å². The van der Waals surface area contributed by atoms with Gasteiger partial charge >= 0.3 is 6.09 Å². The quantitative estimate of drug-likeness (QED) is 0.858. The summed E-state index contributed by atoms with van der Waals surface area (Å²) in [6.07, 6.45) is 0.439. The highest BCUT2D eigenvalue weighted by molar-refractivity contribution is 5.68. The number of carbonyl (C=O) groups excluding carboxylic acids is 1. The summed E-state index contributed by atoms with van der Waals surface area (Å²) < 4.78 is 24.1. The van der Waals surface area contributed by atoms with Gasteiger partial charge in [0.2, 0.25) is 0 Å². The first kappa shape index (κ1) is 15.8. The van der Waals surface area contributed by atoms with Crippen molar-refractivity contribution in [1.29, 1.82) is 0 Å². The van der Waals surface area contributed by atoms with Gasteiger partial charge in [0, 0.05) is 6.54 Å². The third kappa shape index (κ3) is 5.01. The molecule has 0 N–H and O–H groups in total. The smallest absolute Gasteiger partial charge is 0.410 e. The SMILES string of the molecule is CC(C)(C)OC(=O)N1CCC(OCc2cccc(F)c2)C1. The van der Waals surface area contributed by atoms with E-state index in [0.717, 1.165) is 12.0 Å². The average molecular weight is 295 g/mol. The van der Waals surface area contributed by atoms with Crippen LogP contribution in [0.5, 0.6) is 0 Å². The molecule has 0 aliphatic carbocycles. The molecule has 1 aromatic carbocycles. The van der Waals surface area contributed by atoms with E-state index in [-0.39, 0.29) is 18.0 Å². The van der Waals surface area contributed by atoms with Crippen molar-refractivity contribution < 1.29 is 18.7 Å². The molecule has 116 valence electrons. The molecule has 0 radical (unpaired) electrons. The molecule has 0 aromatic heterocycles. The van der Waals surface area contributed by atoms with Crippen LogP contribution in [0.25, 0.3) is 0 Å². The molecule has 1 aromatic rings. The molecule has 1 unspecified atom stereocenters. The Kier molecular flexibility index (Phi) is 4.83. The lowest BCUT2D eigenvalue weighted by Crippen LogP contribution is -2.36. The van der Waals surface area contributed by atoms with Crippen LogP contribution >= 0.6 is 0 Å². The van der Waals surface area contributed by atoms with E-state index in [4.69, 9.17) is 9.47 Å². The second-order valence-electron chi connectivity index (χ2n) is 6.28. The van der Waals surface area contributed by atoms with Gasteiger partial charge in [0.15, 0.2) is 0 Å². The van der Waals surface area contributed by atoms with Crippen molar-refractivity contribution in [2.45, 2.75) is 45.5 Å². The summed E-state index contributed by atoms with van der Waals surface area (Å²) in [5.41, 5.74) is 0.308. The Hall–Kier alpha value is -1.62. The summed E-state index contributed by atoms with van der Waals surface area (Å²) >= 11 is 0. The fourth-order valence-corrected chi connectivity index (χ4v) is 2.20. The van der Waals surface area contributed by atoms with Crippen LogP contribution in [-0.4, -0.2) is 35.8 Å². The van der Waals surface area contributed by atoms with Gasteiger partial charge in [-0.25, -0.2) is 9.18 Å². The number of likely N-dealkylation sites (tertiary alicyclic amines) is 1. The summed E-state index contributed by atoms with van der Waals surface area (Å²) in [6, 6.07) is 6.35. The second-order valence-corrected chi connectivity index (χ2v) is 6.28. The Morgan fingerprint density at radius 3 is 2.86 bits per heavy atom. The molecule has 1 aliphatic rings. The van der Waals surface area contributed by atoms with Crippen LogP contribution in [-0.2, 0) is 16.1 Å². The maximum absolute atomic E-state index is 13.1. The molecule has 4 nitrogen and oxygen atoms in total. The molecule has 1 amide bonds. The first-order valence-corrected chi connectivity index (χ1v) is 7.17. The van der Waals surface area contributed by atoms with Gasteiger partial charge in [-0.05, 0) is 44.9 Å². The minimum Gasteiger partial charge on any atom is -0.444 e. The van der Waals surface area contributed by atoms with Crippen molar-refractivity contribution >= 4 is 6.09 Å². The molecule has 1 saturated heterocycles. The number of hydrogen-bond acceptors (Lipinski definition) is 3. The molecule has 2 rings (SSSR count). The van der Waals surface area contributed by atoms with Gasteiger partial charge in [0.1, 0.15) is 11.4 Å². The molecule has 21 heavy (non-hydrogen) atoms. The normalized spacial score (nSPS) is 18.9. The minimum absolute atomic E-state index is 0.0271. The standard InChI is InChI=1S/C16H22FNO3/c1-16(2,3)21-15(19)18-8-7-14(10-18)20-11-12-5-4-6-13(17)9-12/h4-6,9,14H,7-8,10-11H2,1-3H3. The number of carbonyl (C=O) groups is 1. The Morgan fingerprint density at radius 1 is 1.43 bits per heavy atom. The predicted octanol–water partition coefficient (Wildman–Crippen LogP) is 3.35. The zero-order valence-corrected chi connectivity index (χ0v) is 12.8. The maximum atomic E-state index is 13.1. The van der Waals surface area contributed by atoms with Crippen LogP contribution in [0.4, 0.5) is 9.18 Å². The number of nitrogens with zero attached hydrogens (tertiary/aromatic N) is 1. The van der Waals surface area contributed by atoms with Gasteiger partial charge in [-0.2, -0.15) is 0 Å². The van der Waals surface area contributed by atoms with E-state index >= 15 is 0 Å². The highest BCUT2D eigenvalue weighted by Gasteiger charge is 2.30. The number of halogens is 1. The van der Waals surface area contributed by atoms with Crippen molar-refractivity contribution in [1.82, 2.24) is 4.90 Å². The van der Waals surface area contributed by atoms with Gasteiger partial charge < -0.3 is 14.4 Å². The molecule has 1 heterocycles. The molecular formula is C16H22FNO3. The fourth-order valence-electron chi connectivity index (χ4n) is 2.20. The summed E-state index contributed by atoms with van der Waals surface area (Å²) in [5.74, 6) is -0.266. The Labute approximate surface area is 124 Å². The van der Waals surface area contributed by atoms with E-state index < -0.39 is 5.60 Å². The summed E-state index contributed by atoms with van der Waals surface area (Å²) in [6.45, 7) is 7.04. The van der Waals surface area contributed by atoms with E-state index in [2.05, 4.69) is 0 Å². The first-order chi connectivity index (χ1) is 9.83. The lowest BCUT2D eigenvalue weighted by atomic mass is 10.2. The Morgan fingerprint density at radius 2 is 2.19 bits per heavy atom. The van der Waals surface area contributed by atoms with Crippen molar-refractivity contribution in [3.8, 4) is 0 Å². The lowest BCUT2D eigenvalue weighted by molar-refractivity contribution is 0.0184. The number of benzene rings is 1. The second kappa shape index (κ2) is 6.43. The molecular weight excluding hydrogens is 273 g/mol. The van der Waals surface area contributed by atoms with Gasteiger partial charge in [-0.15, -0.1) is 0 Å². The minimum atomic E-state index is -0.488. The van der Waals surface area contributed by atoms with Crippen LogP contribution in [0.2, 0.25) is 0 Å². The van der Waals surface area contributed by atoms with Gasteiger partial charge in [0.05, 0.1) is 19.3 Å². The molecule has 5 heteroatoms. The van der Waals surface area contributed by atoms with Crippen molar-refractivity contribution in [3.63, 3.8) is 0 Å². The van der Waals surface area contributed by atoms with E-state index in [1.807, 2.05) is 26.8 Å². The van der Waals surface area contributed by atoms with E-state index in [1.54, 1.807) is 11.0 Å². The summed E-state index contributed by atoms with van der Waals surface area (Å²) in [5, 5.41) is 0. The number of hydrogen-bond donors (Lipinski definition) is 0. The van der Waals surface area contributed by atoms with Gasteiger partial charge in [0.25, 0.3) is 0 Å². The Balaban J connectivity index is 1.79. The molecule has 1 aliphatic heterocycles. The summed E-state index contributed by atoms with van der Waals surface area (Å²) in [7, 11) is 0. The van der Waals surface area contributed by atoms with Crippen LogP contribution in [0.15, 0.2) is 24.3 Å². The number of amides is 1. The summed E-state index contributed by atoms with van der Waals surface area (Å²) in [4.78, 5) is 13.6. The molecule has 1 atom stereocenters. The predicted molar refractivity (Wildman–Crippen MR) is 77.4 cm³/mol. The van der Waals surface area contributed by atoms with Crippen LogP contribution in [0.3, 0.4) is 0 Å². The number of rotatable bonds is 3. The first-order valence-electron chi connectivity index (χ1n) is 7.17. The Bertz CT molecular complexity index is 499.